The molecule has 0 rings (SSSR count). The topological polar surface area (TPSA) is 26.0 Å². The molecule has 0 bridgehead atoms. The summed E-state index contributed by atoms with van der Waals surface area (Å²) in [5, 5.41) is 0. The van der Waals surface area contributed by atoms with Crippen molar-refractivity contribution in [3.05, 3.63) is 11.6 Å². The molecule has 0 heterocycles. The highest BCUT2D eigenvalue weighted by molar-refractivity contribution is 6.19. The van der Waals surface area contributed by atoms with E-state index in [0.29, 0.717) is 5.88 Å². The molecule has 1 atom stereocenters. The average molecular weight is 176 g/mol. The minimum Gasteiger partial charge on any atom is -0.328 e. The number of allylic oxidation sites excluding steroid dienone is 1. The predicted octanol–water partition coefficient (Wildman–Crippen LogP) is 2.69. The van der Waals surface area contributed by atoms with Crippen LogP contribution in [0.1, 0.15) is 33.1 Å². The number of unbranched alkanes of at least 4 members (excludes halogenated alkanes) is 1. The van der Waals surface area contributed by atoms with Crippen molar-refractivity contribution in [1.82, 2.24) is 0 Å². The van der Waals surface area contributed by atoms with Crippen LogP contribution in [0.4, 0.5) is 0 Å². The standard InChI is InChI=1S/C9H18ClN/c1-3-4-5-9(7-10)6-8(2)11/h5,8H,3-4,6-7,11H2,1-2H3. The summed E-state index contributed by atoms with van der Waals surface area (Å²) in [5.74, 6) is 0.627. The molecule has 0 spiro atoms. The van der Waals surface area contributed by atoms with Gasteiger partial charge < -0.3 is 5.73 Å². The maximum atomic E-state index is 5.72. The Labute approximate surface area is 74.6 Å². The molecule has 0 saturated carbocycles. The Bertz CT molecular complexity index is 119. The molecule has 0 amide bonds. The number of hydrogen-bond acceptors (Lipinski definition) is 1. The van der Waals surface area contributed by atoms with E-state index in [-0.39, 0.29) is 6.04 Å². The van der Waals surface area contributed by atoms with Crippen LogP contribution < -0.4 is 5.73 Å². The highest BCUT2D eigenvalue weighted by Crippen LogP contribution is 2.08. The molecule has 0 aromatic rings. The van der Waals surface area contributed by atoms with E-state index in [2.05, 4.69) is 13.0 Å². The van der Waals surface area contributed by atoms with E-state index in [9.17, 15) is 0 Å². The number of halogens is 1. The van der Waals surface area contributed by atoms with Crippen LogP contribution in [-0.2, 0) is 0 Å². The van der Waals surface area contributed by atoms with Crippen molar-refractivity contribution in [2.24, 2.45) is 5.73 Å². The van der Waals surface area contributed by atoms with E-state index in [0.717, 1.165) is 12.8 Å². The van der Waals surface area contributed by atoms with Gasteiger partial charge in [-0.05, 0) is 19.8 Å². The van der Waals surface area contributed by atoms with Crippen LogP contribution >= 0.6 is 11.6 Å². The zero-order chi connectivity index (χ0) is 8.69. The van der Waals surface area contributed by atoms with Crippen LogP contribution in [0.25, 0.3) is 0 Å². The summed E-state index contributed by atoms with van der Waals surface area (Å²) in [7, 11) is 0. The first-order chi connectivity index (χ1) is 5.20. The summed E-state index contributed by atoms with van der Waals surface area (Å²) in [6.07, 6.45) is 5.44. The molecule has 66 valence electrons. The van der Waals surface area contributed by atoms with E-state index >= 15 is 0 Å². The third-order valence-corrected chi connectivity index (χ3v) is 1.82. The molecule has 0 aliphatic carbocycles. The first-order valence-electron chi connectivity index (χ1n) is 4.20. The van der Waals surface area contributed by atoms with Gasteiger partial charge >= 0.3 is 0 Å². The van der Waals surface area contributed by atoms with Gasteiger partial charge in [-0.2, -0.15) is 0 Å². The van der Waals surface area contributed by atoms with Gasteiger partial charge in [-0.1, -0.05) is 25.0 Å². The van der Waals surface area contributed by atoms with E-state index in [1.54, 1.807) is 0 Å². The lowest BCUT2D eigenvalue weighted by atomic mass is 10.1. The number of hydrogen-bond donors (Lipinski definition) is 1. The summed E-state index contributed by atoms with van der Waals surface area (Å²) in [6, 6.07) is 0.233. The molecule has 0 aromatic carbocycles. The highest BCUT2D eigenvalue weighted by atomic mass is 35.5. The van der Waals surface area contributed by atoms with Crippen LogP contribution in [0.2, 0.25) is 0 Å². The second kappa shape index (κ2) is 6.68. The van der Waals surface area contributed by atoms with Crippen LogP contribution in [-0.4, -0.2) is 11.9 Å². The summed E-state index contributed by atoms with van der Waals surface area (Å²) in [6.45, 7) is 4.17. The van der Waals surface area contributed by atoms with Gasteiger partial charge in [-0.15, -0.1) is 11.6 Å². The van der Waals surface area contributed by atoms with Gasteiger partial charge in [0.2, 0.25) is 0 Å². The fraction of sp³-hybridized carbons (Fsp3) is 0.778. The number of rotatable bonds is 5. The Hall–Kier alpha value is -0.0100. The normalized spacial score (nSPS) is 15.1. The molecule has 2 N–H and O–H groups in total. The van der Waals surface area contributed by atoms with E-state index in [4.69, 9.17) is 17.3 Å². The average Bonchev–Trinajstić information content (AvgIpc) is 1.97. The lowest BCUT2D eigenvalue weighted by molar-refractivity contribution is 0.727. The Balaban J connectivity index is 3.73. The largest absolute Gasteiger partial charge is 0.328 e. The Morgan fingerprint density at radius 3 is 2.64 bits per heavy atom. The Morgan fingerprint density at radius 1 is 1.64 bits per heavy atom. The molecule has 2 heteroatoms. The van der Waals surface area contributed by atoms with E-state index in [1.165, 1.54) is 12.0 Å². The first-order valence-corrected chi connectivity index (χ1v) is 4.73. The summed E-state index contributed by atoms with van der Waals surface area (Å²) >= 11 is 5.72. The van der Waals surface area contributed by atoms with Gasteiger partial charge in [0.25, 0.3) is 0 Å². The van der Waals surface area contributed by atoms with Crippen LogP contribution in [0.5, 0.6) is 0 Å². The third-order valence-electron chi connectivity index (χ3n) is 1.48. The fourth-order valence-corrected chi connectivity index (χ4v) is 1.17. The highest BCUT2D eigenvalue weighted by Gasteiger charge is 1.98. The molecular weight excluding hydrogens is 158 g/mol. The molecule has 1 unspecified atom stereocenters. The molecular formula is C9H18ClN. The van der Waals surface area contributed by atoms with Crippen molar-refractivity contribution in [3.63, 3.8) is 0 Å². The SMILES string of the molecule is CCCC=C(CCl)CC(C)N. The van der Waals surface area contributed by atoms with Crippen LogP contribution in [0, 0.1) is 0 Å². The van der Waals surface area contributed by atoms with Crippen molar-refractivity contribution < 1.29 is 0 Å². The smallest absolute Gasteiger partial charge is 0.0434 e. The molecule has 0 saturated heterocycles. The molecule has 1 nitrogen and oxygen atoms in total. The predicted molar refractivity (Wildman–Crippen MR) is 52.0 cm³/mol. The second-order valence-electron chi connectivity index (χ2n) is 2.97. The fourth-order valence-electron chi connectivity index (χ4n) is 0.954. The molecule has 0 aromatic heterocycles. The quantitative estimate of drug-likeness (QED) is 0.505. The van der Waals surface area contributed by atoms with Crippen molar-refractivity contribution in [2.45, 2.75) is 39.2 Å². The minimum absolute atomic E-state index is 0.233. The zero-order valence-electron chi connectivity index (χ0n) is 7.44. The maximum Gasteiger partial charge on any atom is 0.0434 e. The van der Waals surface area contributed by atoms with Crippen LogP contribution in [0.15, 0.2) is 11.6 Å². The van der Waals surface area contributed by atoms with Crippen molar-refractivity contribution in [3.8, 4) is 0 Å². The molecule has 0 aliphatic heterocycles. The zero-order valence-corrected chi connectivity index (χ0v) is 8.19. The van der Waals surface area contributed by atoms with Gasteiger partial charge in [-0.3, -0.25) is 0 Å². The van der Waals surface area contributed by atoms with Gasteiger partial charge in [0.05, 0.1) is 0 Å². The lowest BCUT2D eigenvalue weighted by Crippen LogP contribution is -2.15. The maximum absolute atomic E-state index is 5.72. The van der Waals surface area contributed by atoms with Gasteiger partial charge in [-0.25, -0.2) is 0 Å². The van der Waals surface area contributed by atoms with Gasteiger partial charge in [0.1, 0.15) is 0 Å². The van der Waals surface area contributed by atoms with Crippen LogP contribution in [0.3, 0.4) is 0 Å². The summed E-state index contributed by atoms with van der Waals surface area (Å²) < 4.78 is 0. The van der Waals surface area contributed by atoms with Gasteiger partial charge in [0.15, 0.2) is 0 Å². The first kappa shape index (κ1) is 11.0. The second-order valence-corrected chi connectivity index (χ2v) is 3.23. The van der Waals surface area contributed by atoms with E-state index in [1.807, 2.05) is 6.92 Å². The summed E-state index contributed by atoms with van der Waals surface area (Å²) in [4.78, 5) is 0. The van der Waals surface area contributed by atoms with Crippen molar-refractivity contribution in [2.75, 3.05) is 5.88 Å². The Kier molecular flexibility index (Phi) is 6.68. The minimum atomic E-state index is 0.233. The monoisotopic (exact) mass is 175 g/mol. The van der Waals surface area contributed by atoms with Crippen molar-refractivity contribution >= 4 is 11.6 Å². The summed E-state index contributed by atoms with van der Waals surface area (Å²) in [5.41, 5.74) is 6.92. The molecule has 0 radical (unpaired) electrons. The van der Waals surface area contributed by atoms with Crippen molar-refractivity contribution in [1.29, 1.82) is 0 Å². The lowest BCUT2D eigenvalue weighted by Gasteiger charge is -2.06. The number of nitrogens with two attached hydrogens (primary N) is 1. The van der Waals surface area contributed by atoms with E-state index < -0.39 is 0 Å². The Morgan fingerprint density at radius 2 is 2.27 bits per heavy atom. The third kappa shape index (κ3) is 6.39. The van der Waals surface area contributed by atoms with Gasteiger partial charge in [0, 0.05) is 11.9 Å². The molecule has 11 heavy (non-hydrogen) atoms. The number of alkyl halides is 1. The molecule has 0 fully saturated rings. The molecule has 0 aliphatic rings.